The summed E-state index contributed by atoms with van der Waals surface area (Å²) >= 11 is 0. The molecule has 0 spiro atoms. The van der Waals surface area contributed by atoms with Crippen LogP contribution in [0.4, 0.5) is 0 Å². The molecule has 0 rings (SSSR count). The first-order valence-electron chi connectivity index (χ1n) is 4.12. The van der Waals surface area contributed by atoms with Crippen molar-refractivity contribution in [2.45, 2.75) is 26.2 Å². The molecular weight excluding hydrogens is 172 g/mol. The molecular formula is C7H16N4O2. The highest BCUT2D eigenvalue weighted by molar-refractivity contribution is 5.84. The number of nitrogens with zero attached hydrogens (tertiary/aromatic N) is 1. The van der Waals surface area contributed by atoms with Crippen molar-refractivity contribution >= 4 is 11.8 Å². The maximum Gasteiger partial charge on any atom is 0.306 e. The summed E-state index contributed by atoms with van der Waals surface area (Å²) in [6, 6.07) is 0. The number of nitrogens with one attached hydrogen (secondary N) is 1. The lowest BCUT2D eigenvalue weighted by Crippen LogP contribution is -2.27. The number of carboxylic acid groups (broad SMARTS) is 1. The Bertz CT molecular complexity index is 193. The van der Waals surface area contributed by atoms with Crippen LogP contribution < -0.4 is 17.1 Å². The van der Waals surface area contributed by atoms with E-state index < -0.39 is 11.9 Å². The second kappa shape index (κ2) is 6.24. The van der Waals surface area contributed by atoms with E-state index in [0.29, 0.717) is 6.42 Å². The fourth-order valence-electron chi connectivity index (χ4n) is 1.04. The standard InChI is InChI=1S/C7H16N4O2/c1-2-3-5(7(12)13)4-6(8)10-11-9/h5,11H,2-4,9H2,1H3,(H2,8,10)(H,12,13)/t5-/m0/s1. The third kappa shape index (κ3) is 5.02. The Morgan fingerprint density at radius 2 is 2.31 bits per heavy atom. The highest BCUT2D eigenvalue weighted by Crippen LogP contribution is 2.10. The zero-order valence-electron chi connectivity index (χ0n) is 7.66. The molecule has 0 radical (unpaired) electrons. The van der Waals surface area contributed by atoms with Crippen LogP contribution in [0.2, 0.25) is 0 Å². The predicted molar refractivity (Wildman–Crippen MR) is 49.6 cm³/mol. The van der Waals surface area contributed by atoms with Crippen LogP contribution in [-0.4, -0.2) is 16.9 Å². The van der Waals surface area contributed by atoms with E-state index in [-0.39, 0.29) is 12.3 Å². The maximum atomic E-state index is 10.7. The number of rotatable bonds is 6. The molecule has 0 bridgehead atoms. The van der Waals surface area contributed by atoms with Crippen LogP contribution in [0, 0.1) is 5.92 Å². The molecule has 6 nitrogen and oxygen atoms in total. The van der Waals surface area contributed by atoms with Crippen LogP contribution >= 0.6 is 0 Å². The first-order chi connectivity index (χ1) is 6.11. The Kier molecular flexibility index (Phi) is 5.62. The Morgan fingerprint density at radius 3 is 2.69 bits per heavy atom. The van der Waals surface area contributed by atoms with E-state index in [0.717, 1.165) is 6.42 Å². The molecule has 0 aliphatic carbocycles. The molecule has 13 heavy (non-hydrogen) atoms. The van der Waals surface area contributed by atoms with Crippen LogP contribution in [0.15, 0.2) is 5.10 Å². The number of hydrogen-bond acceptors (Lipinski definition) is 4. The van der Waals surface area contributed by atoms with Gasteiger partial charge in [0.1, 0.15) is 5.84 Å². The molecule has 0 unspecified atom stereocenters. The van der Waals surface area contributed by atoms with Crippen LogP contribution in [-0.2, 0) is 4.79 Å². The minimum absolute atomic E-state index is 0.211. The number of aliphatic carboxylic acids is 1. The smallest absolute Gasteiger partial charge is 0.306 e. The van der Waals surface area contributed by atoms with Crippen molar-refractivity contribution in [2.75, 3.05) is 0 Å². The first kappa shape index (κ1) is 11.7. The minimum Gasteiger partial charge on any atom is -0.481 e. The molecule has 6 heteroatoms. The molecule has 76 valence electrons. The van der Waals surface area contributed by atoms with E-state index in [9.17, 15) is 4.79 Å². The van der Waals surface area contributed by atoms with Gasteiger partial charge in [0, 0.05) is 6.42 Å². The zero-order valence-corrected chi connectivity index (χ0v) is 7.66. The SMILES string of the molecule is CCC[C@@H](C/C(N)=N/NN)C(=O)O. The molecule has 0 saturated heterocycles. The molecule has 0 aromatic rings. The molecule has 0 aromatic carbocycles. The lowest BCUT2D eigenvalue weighted by Gasteiger charge is -2.09. The number of hydrazone groups is 1. The van der Waals surface area contributed by atoms with E-state index in [2.05, 4.69) is 5.10 Å². The van der Waals surface area contributed by atoms with Crippen LogP contribution in [0.1, 0.15) is 26.2 Å². The predicted octanol–water partition coefficient (Wildman–Crippen LogP) is -0.387. The van der Waals surface area contributed by atoms with Gasteiger partial charge in [-0.3, -0.25) is 4.79 Å². The number of amidine groups is 1. The van der Waals surface area contributed by atoms with E-state index in [1.165, 1.54) is 0 Å². The molecule has 0 aromatic heterocycles. The van der Waals surface area contributed by atoms with Gasteiger partial charge in [0.25, 0.3) is 0 Å². The largest absolute Gasteiger partial charge is 0.481 e. The maximum absolute atomic E-state index is 10.7. The average Bonchev–Trinajstić information content (AvgIpc) is 2.04. The second-order valence-electron chi connectivity index (χ2n) is 2.76. The number of carbonyl (C=O) groups is 1. The summed E-state index contributed by atoms with van der Waals surface area (Å²) in [4.78, 5) is 10.7. The number of nitrogens with two attached hydrogens (primary N) is 2. The normalized spacial score (nSPS) is 13.8. The van der Waals surface area contributed by atoms with Gasteiger partial charge in [-0.05, 0) is 6.42 Å². The fourth-order valence-corrected chi connectivity index (χ4v) is 1.04. The fraction of sp³-hybridized carbons (Fsp3) is 0.714. The Balaban J connectivity index is 4.09. The van der Waals surface area contributed by atoms with Gasteiger partial charge in [0.15, 0.2) is 0 Å². The molecule has 0 amide bonds. The van der Waals surface area contributed by atoms with Crippen molar-refractivity contribution in [2.24, 2.45) is 22.6 Å². The second-order valence-corrected chi connectivity index (χ2v) is 2.76. The van der Waals surface area contributed by atoms with Gasteiger partial charge in [0.05, 0.1) is 5.92 Å². The van der Waals surface area contributed by atoms with Crippen LogP contribution in [0.25, 0.3) is 0 Å². The van der Waals surface area contributed by atoms with Crippen molar-refractivity contribution in [1.29, 1.82) is 0 Å². The highest BCUT2D eigenvalue weighted by atomic mass is 16.4. The van der Waals surface area contributed by atoms with Crippen LogP contribution in [0.5, 0.6) is 0 Å². The van der Waals surface area contributed by atoms with Crippen molar-refractivity contribution in [1.82, 2.24) is 5.53 Å². The highest BCUT2D eigenvalue weighted by Gasteiger charge is 2.17. The Labute approximate surface area is 76.9 Å². The molecule has 0 aliphatic rings. The van der Waals surface area contributed by atoms with Crippen molar-refractivity contribution in [3.63, 3.8) is 0 Å². The summed E-state index contributed by atoms with van der Waals surface area (Å²) in [7, 11) is 0. The van der Waals surface area contributed by atoms with E-state index in [1.807, 2.05) is 12.5 Å². The van der Waals surface area contributed by atoms with Gasteiger partial charge in [-0.25, -0.2) is 11.4 Å². The van der Waals surface area contributed by atoms with Gasteiger partial charge >= 0.3 is 5.97 Å². The zero-order chi connectivity index (χ0) is 10.3. The third-order valence-electron chi connectivity index (χ3n) is 1.65. The Hall–Kier alpha value is -1.30. The molecule has 0 aliphatic heterocycles. The summed E-state index contributed by atoms with van der Waals surface area (Å²) in [6.07, 6.45) is 1.63. The van der Waals surface area contributed by atoms with E-state index in [4.69, 9.17) is 16.7 Å². The number of hydrazine groups is 1. The van der Waals surface area contributed by atoms with Gasteiger partial charge in [-0.2, -0.15) is 5.10 Å². The lowest BCUT2D eigenvalue weighted by atomic mass is 10.00. The minimum atomic E-state index is -0.850. The van der Waals surface area contributed by atoms with Gasteiger partial charge in [0.2, 0.25) is 0 Å². The molecule has 0 saturated carbocycles. The van der Waals surface area contributed by atoms with Gasteiger partial charge in [-0.15, -0.1) is 0 Å². The number of hydrogen-bond donors (Lipinski definition) is 4. The van der Waals surface area contributed by atoms with Crippen molar-refractivity contribution in [3.8, 4) is 0 Å². The number of carboxylic acids is 1. The van der Waals surface area contributed by atoms with Gasteiger partial charge < -0.3 is 10.8 Å². The third-order valence-corrected chi connectivity index (χ3v) is 1.65. The molecule has 6 N–H and O–H groups in total. The summed E-state index contributed by atoms with van der Waals surface area (Å²) in [6.45, 7) is 1.92. The summed E-state index contributed by atoms with van der Waals surface area (Å²) < 4.78 is 0. The monoisotopic (exact) mass is 188 g/mol. The van der Waals surface area contributed by atoms with Crippen molar-refractivity contribution < 1.29 is 9.90 Å². The van der Waals surface area contributed by atoms with E-state index >= 15 is 0 Å². The average molecular weight is 188 g/mol. The van der Waals surface area contributed by atoms with E-state index in [1.54, 1.807) is 0 Å². The summed E-state index contributed by atoms with van der Waals surface area (Å²) in [5.41, 5.74) is 7.42. The van der Waals surface area contributed by atoms with Gasteiger partial charge in [-0.1, -0.05) is 13.3 Å². The quantitative estimate of drug-likeness (QED) is 0.196. The molecule has 0 fully saturated rings. The van der Waals surface area contributed by atoms with Crippen LogP contribution in [0.3, 0.4) is 0 Å². The summed E-state index contributed by atoms with van der Waals surface area (Å²) in [5.74, 6) is 3.78. The summed E-state index contributed by atoms with van der Waals surface area (Å²) in [5, 5.41) is 12.2. The van der Waals surface area contributed by atoms with Crippen molar-refractivity contribution in [3.05, 3.63) is 0 Å². The molecule has 0 heterocycles. The molecule has 1 atom stereocenters. The topological polar surface area (TPSA) is 114 Å². The Morgan fingerprint density at radius 1 is 1.69 bits per heavy atom. The lowest BCUT2D eigenvalue weighted by molar-refractivity contribution is -0.141. The first-order valence-corrected chi connectivity index (χ1v) is 4.12.